The number of carboxylic acid groups (broad SMARTS) is 1. The number of benzene rings is 2. The average molecular weight is 336 g/mol. The zero-order chi connectivity index (χ0) is 16.7. The number of aryl methyl sites for hydroxylation is 1. The third-order valence-corrected chi connectivity index (χ3v) is 5.00. The molecule has 2 aromatic heterocycles. The lowest BCUT2D eigenvalue weighted by Gasteiger charge is -2.05. The molecule has 0 unspecified atom stereocenters. The van der Waals surface area contributed by atoms with Crippen molar-refractivity contribution in [2.75, 3.05) is 0 Å². The first-order chi connectivity index (χ1) is 11.7. The molecule has 0 aliphatic carbocycles. The third kappa shape index (κ3) is 2.29. The maximum Gasteiger partial charge on any atom is 0.354 e. The number of aromatic nitrogens is 2. The molecule has 1 N–H and O–H groups in total. The molecule has 0 fully saturated rings. The Morgan fingerprint density at radius 3 is 2.75 bits per heavy atom. The van der Waals surface area contributed by atoms with Crippen LogP contribution in [0.25, 0.3) is 27.0 Å². The fraction of sp³-hybridized carbons (Fsp3) is 0.158. The largest absolute Gasteiger partial charge is 0.477 e. The molecule has 0 saturated heterocycles. The molecule has 0 atom stereocenters. The minimum atomic E-state index is -0.925. The van der Waals surface area contributed by atoms with Gasteiger partial charge >= 0.3 is 5.97 Å². The molecule has 0 aliphatic heterocycles. The summed E-state index contributed by atoms with van der Waals surface area (Å²) in [5.74, 6) is -0.925. The van der Waals surface area contributed by atoms with E-state index in [0.29, 0.717) is 12.1 Å². The second kappa shape index (κ2) is 5.76. The van der Waals surface area contributed by atoms with Gasteiger partial charge in [0, 0.05) is 10.9 Å². The molecular weight excluding hydrogens is 320 g/mol. The van der Waals surface area contributed by atoms with Crippen molar-refractivity contribution in [3.8, 4) is 11.3 Å². The van der Waals surface area contributed by atoms with Gasteiger partial charge in [-0.05, 0) is 23.3 Å². The standard InChI is InChI=1S/C19H16N2O2S/c1-2-5-15-17(18(22)23)21-16(11-24-19(21)20-15)14-9-8-12-6-3-4-7-13(12)10-14/h3-4,6-11H,2,5H2,1H3,(H,22,23). The van der Waals surface area contributed by atoms with Crippen molar-refractivity contribution in [1.29, 1.82) is 0 Å². The van der Waals surface area contributed by atoms with Crippen LogP contribution in [0.2, 0.25) is 0 Å². The van der Waals surface area contributed by atoms with Crippen molar-refractivity contribution in [1.82, 2.24) is 9.38 Å². The summed E-state index contributed by atoms with van der Waals surface area (Å²) in [6.07, 6.45) is 1.55. The van der Waals surface area contributed by atoms with E-state index in [9.17, 15) is 9.90 Å². The molecule has 0 saturated carbocycles. The lowest BCUT2D eigenvalue weighted by Crippen LogP contribution is -2.06. The van der Waals surface area contributed by atoms with Gasteiger partial charge in [-0.15, -0.1) is 11.3 Å². The summed E-state index contributed by atoms with van der Waals surface area (Å²) in [5, 5.41) is 14.0. The van der Waals surface area contributed by atoms with Gasteiger partial charge in [0.05, 0.1) is 11.4 Å². The van der Waals surface area contributed by atoms with Crippen LogP contribution in [-0.4, -0.2) is 20.5 Å². The number of aromatic carboxylic acids is 1. The highest BCUT2D eigenvalue weighted by Crippen LogP contribution is 2.31. The van der Waals surface area contributed by atoms with Crippen LogP contribution in [0.5, 0.6) is 0 Å². The van der Waals surface area contributed by atoms with Crippen molar-refractivity contribution in [2.45, 2.75) is 19.8 Å². The normalized spacial score (nSPS) is 11.4. The molecule has 0 aliphatic rings. The predicted molar refractivity (Wildman–Crippen MR) is 97.0 cm³/mol. The first-order valence-corrected chi connectivity index (χ1v) is 8.78. The summed E-state index contributed by atoms with van der Waals surface area (Å²) in [6.45, 7) is 2.03. The number of carbonyl (C=O) groups is 1. The van der Waals surface area contributed by atoms with Gasteiger partial charge in [0.15, 0.2) is 10.7 Å². The number of imidazole rings is 1. The Morgan fingerprint density at radius 1 is 1.21 bits per heavy atom. The predicted octanol–water partition coefficient (Wildman–Crippen LogP) is 4.87. The SMILES string of the molecule is CCCc1nc2scc(-c3ccc4ccccc4c3)n2c1C(=O)O. The molecule has 0 radical (unpaired) electrons. The van der Waals surface area contributed by atoms with E-state index in [0.717, 1.165) is 28.0 Å². The minimum Gasteiger partial charge on any atom is -0.477 e. The Labute approximate surface area is 143 Å². The van der Waals surface area contributed by atoms with Gasteiger partial charge in [-0.25, -0.2) is 9.78 Å². The van der Waals surface area contributed by atoms with Crippen LogP contribution in [0.1, 0.15) is 29.5 Å². The van der Waals surface area contributed by atoms with E-state index in [2.05, 4.69) is 29.2 Å². The van der Waals surface area contributed by atoms with Crippen molar-refractivity contribution in [2.24, 2.45) is 0 Å². The van der Waals surface area contributed by atoms with E-state index >= 15 is 0 Å². The van der Waals surface area contributed by atoms with Crippen molar-refractivity contribution < 1.29 is 9.90 Å². The molecule has 4 nitrogen and oxygen atoms in total. The topological polar surface area (TPSA) is 54.6 Å². The van der Waals surface area contributed by atoms with Crippen molar-refractivity contribution >= 4 is 33.0 Å². The second-order valence-electron chi connectivity index (χ2n) is 5.76. The van der Waals surface area contributed by atoms with Gasteiger partial charge < -0.3 is 5.11 Å². The summed E-state index contributed by atoms with van der Waals surface area (Å²) in [7, 11) is 0. The number of hydrogen-bond acceptors (Lipinski definition) is 3. The molecule has 0 amide bonds. The molecule has 2 aromatic carbocycles. The summed E-state index contributed by atoms with van der Waals surface area (Å²) in [4.78, 5) is 17.1. The molecular formula is C19H16N2O2S. The van der Waals surface area contributed by atoms with Gasteiger partial charge in [0.1, 0.15) is 0 Å². The zero-order valence-electron chi connectivity index (χ0n) is 13.2. The van der Waals surface area contributed by atoms with Crippen LogP contribution in [0.3, 0.4) is 0 Å². The molecule has 4 rings (SSSR count). The quantitative estimate of drug-likeness (QED) is 0.578. The van der Waals surface area contributed by atoms with E-state index < -0.39 is 5.97 Å². The van der Waals surface area contributed by atoms with Crippen LogP contribution in [0.4, 0.5) is 0 Å². The molecule has 0 spiro atoms. The third-order valence-electron chi connectivity index (χ3n) is 4.17. The number of carboxylic acids is 1. The first-order valence-electron chi connectivity index (χ1n) is 7.90. The minimum absolute atomic E-state index is 0.288. The van der Waals surface area contributed by atoms with E-state index in [1.54, 1.807) is 4.40 Å². The summed E-state index contributed by atoms with van der Waals surface area (Å²) < 4.78 is 1.78. The van der Waals surface area contributed by atoms with Gasteiger partial charge in [-0.1, -0.05) is 49.7 Å². The maximum absolute atomic E-state index is 11.8. The molecule has 24 heavy (non-hydrogen) atoms. The van der Waals surface area contributed by atoms with Crippen LogP contribution < -0.4 is 0 Å². The van der Waals surface area contributed by atoms with Crippen LogP contribution in [0, 0.1) is 0 Å². The van der Waals surface area contributed by atoms with Crippen LogP contribution in [0.15, 0.2) is 47.8 Å². The van der Waals surface area contributed by atoms with Gasteiger partial charge in [0.25, 0.3) is 0 Å². The molecule has 2 heterocycles. The Kier molecular flexibility index (Phi) is 3.58. The lowest BCUT2D eigenvalue weighted by molar-refractivity contribution is 0.0688. The highest BCUT2D eigenvalue weighted by atomic mass is 32.1. The fourth-order valence-corrected chi connectivity index (χ4v) is 4.00. The van der Waals surface area contributed by atoms with E-state index in [1.165, 1.54) is 16.7 Å². The average Bonchev–Trinajstić information content (AvgIpc) is 3.13. The number of hydrogen-bond donors (Lipinski definition) is 1. The van der Waals surface area contributed by atoms with E-state index in [4.69, 9.17) is 0 Å². The Morgan fingerprint density at radius 2 is 2.00 bits per heavy atom. The number of fused-ring (bicyclic) bond motifs is 2. The van der Waals surface area contributed by atoms with E-state index in [1.807, 2.05) is 30.5 Å². The Balaban J connectivity index is 1.96. The summed E-state index contributed by atoms with van der Waals surface area (Å²) in [5.41, 5.74) is 2.84. The highest BCUT2D eigenvalue weighted by molar-refractivity contribution is 7.15. The fourth-order valence-electron chi connectivity index (χ4n) is 3.08. The highest BCUT2D eigenvalue weighted by Gasteiger charge is 2.22. The summed E-state index contributed by atoms with van der Waals surface area (Å²) in [6, 6.07) is 14.4. The number of rotatable bonds is 4. The molecule has 4 aromatic rings. The Bertz CT molecular complexity index is 1060. The molecule has 0 bridgehead atoms. The van der Waals surface area contributed by atoms with E-state index in [-0.39, 0.29) is 5.69 Å². The number of nitrogens with zero attached hydrogens (tertiary/aromatic N) is 2. The van der Waals surface area contributed by atoms with Crippen molar-refractivity contribution in [3.05, 3.63) is 59.2 Å². The Hall–Kier alpha value is -2.66. The molecule has 120 valence electrons. The maximum atomic E-state index is 11.8. The van der Waals surface area contributed by atoms with Crippen molar-refractivity contribution in [3.63, 3.8) is 0 Å². The van der Waals surface area contributed by atoms with Crippen LogP contribution >= 0.6 is 11.3 Å². The monoisotopic (exact) mass is 336 g/mol. The zero-order valence-corrected chi connectivity index (χ0v) is 14.0. The lowest BCUT2D eigenvalue weighted by atomic mass is 10.1. The number of thiazole rings is 1. The smallest absolute Gasteiger partial charge is 0.354 e. The van der Waals surface area contributed by atoms with Gasteiger partial charge in [-0.3, -0.25) is 4.40 Å². The van der Waals surface area contributed by atoms with Gasteiger partial charge in [0.2, 0.25) is 0 Å². The van der Waals surface area contributed by atoms with Crippen LogP contribution in [-0.2, 0) is 6.42 Å². The van der Waals surface area contributed by atoms with Gasteiger partial charge in [-0.2, -0.15) is 0 Å². The second-order valence-corrected chi connectivity index (χ2v) is 6.60. The molecule has 5 heteroatoms. The summed E-state index contributed by atoms with van der Waals surface area (Å²) >= 11 is 1.48. The first kappa shape index (κ1) is 14.9.